The second-order valence-corrected chi connectivity index (χ2v) is 9.20. The van der Waals surface area contributed by atoms with E-state index >= 15 is 0 Å². The maximum absolute atomic E-state index is 13.7. The number of hydrogen-bond donors (Lipinski definition) is 1. The number of dihydropyridines is 1. The third-order valence-electron chi connectivity index (χ3n) is 7.04. The van der Waals surface area contributed by atoms with Crippen molar-refractivity contribution in [1.29, 1.82) is 0 Å². The molecule has 0 radical (unpaired) electrons. The van der Waals surface area contributed by atoms with Crippen LogP contribution in [-0.2, 0) is 23.9 Å². The lowest BCUT2D eigenvalue weighted by atomic mass is 9.68. The molecule has 1 aliphatic heterocycles. The van der Waals surface area contributed by atoms with Crippen LogP contribution in [0.4, 0.5) is 0 Å². The molecule has 0 unspecified atom stereocenters. The van der Waals surface area contributed by atoms with E-state index in [9.17, 15) is 14.4 Å². The van der Waals surface area contributed by atoms with Crippen molar-refractivity contribution in [3.8, 4) is 0 Å². The summed E-state index contributed by atoms with van der Waals surface area (Å²) in [5.41, 5.74) is 4.28. The lowest BCUT2D eigenvalue weighted by Gasteiger charge is -2.38. The number of carbonyl (C=O) groups is 3. The number of ether oxygens (including phenoxy) is 2. The number of rotatable bonds is 4. The van der Waals surface area contributed by atoms with Crippen molar-refractivity contribution in [1.82, 2.24) is 5.32 Å². The van der Waals surface area contributed by atoms with Crippen LogP contribution < -0.4 is 5.32 Å². The quantitative estimate of drug-likeness (QED) is 0.564. The summed E-state index contributed by atoms with van der Waals surface area (Å²) in [6, 6.07) is 7.77. The molecule has 1 aromatic carbocycles. The Morgan fingerprint density at radius 2 is 1.78 bits per heavy atom. The normalized spacial score (nSPS) is 26.0. The predicted molar refractivity (Wildman–Crippen MR) is 119 cm³/mol. The zero-order chi connectivity index (χ0) is 23.0. The number of Topliss-reactive ketones (excluding diaryl/α,β-unsaturated/α-hetero) is 1. The molecule has 0 saturated heterocycles. The Hall–Kier alpha value is -2.89. The summed E-state index contributed by atoms with van der Waals surface area (Å²) in [5.74, 6) is -2.84. The van der Waals surface area contributed by atoms with Crippen LogP contribution in [0, 0.1) is 18.8 Å². The van der Waals surface area contributed by atoms with E-state index in [0.717, 1.165) is 42.5 Å². The van der Waals surface area contributed by atoms with Gasteiger partial charge in [-0.2, -0.15) is 0 Å². The largest absolute Gasteiger partial charge is 0.468 e. The van der Waals surface area contributed by atoms with Crippen molar-refractivity contribution in [3.05, 3.63) is 57.9 Å². The smallest absolute Gasteiger partial charge is 0.337 e. The second kappa shape index (κ2) is 8.93. The molecular weight excluding hydrogens is 406 g/mol. The van der Waals surface area contributed by atoms with Gasteiger partial charge in [-0.1, -0.05) is 31.2 Å². The van der Waals surface area contributed by atoms with E-state index in [-0.39, 0.29) is 23.8 Å². The molecule has 2 aliphatic carbocycles. The molecule has 1 saturated carbocycles. The number of allylic oxidation sites excluding steroid dienone is 3. The SMILES string of the molecule is COC(=O)[C@@H]1C(=O)C2=C(C[C@H]1C)NC(C)=C(C(=O)OC1CCCC1)[C@@H]2c1ccccc1C. The number of esters is 2. The Kier molecular flexibility index (Phi) is 6.22. The van der Waals surface area contributed by atoms with E-state index in [1.165, 1.54) is 7.11 Å². The van der Waals surface area contributed by atoms with Gasteiger partial charge in [0, 0.05) is 22.9 Å². The van der Waals surface area contributed by atoms with Crippen molar-refractivity contribution in [3.63, 3.8) is 0 Å². The molecular formula is C26H31NO5. The van der Waals surface area contributed by atoms with Crippen LogP contribution in [0.1, 0.15) is 63.0 Å². The molecule has 1 heterocycles. The van der Waals surface area contributed by atoms with E-state index in [1.54, 1.807) is 0 Å². The fraction of sp³-hybridized carbons (Fsp3) is 0.500. The van der Waals surface area contributed by atoms with Crippen LogP contribution in [0.5, 0.6) is 0 Å². The van der Waals surface area contributed by atoms with Gasteiger partial charge in [0.2, 0.25) is 0 Å². The van der Waals surface area contributed by atoms with Crippen LogP contribution in [-0.4, -0.2) is 30.9 Å². The van der Waals surface area contributed by atoms with Crippen molar-refractivity contribution in [2.45, 2.75) is 64.9 Å². The Morgan fingerprint density at radius 3 is 2.44 bits per heavy atom. The molecule has 3 atom stereocenters. The first-order chi connectivity index (χ1) is 15.3. The van der Waals surface area contributed by atoms with Crippen molar-refractivity contribution < 1.29 is 23.9 Å². The average molecular weight is 438 g/mol. The zero-order valence-electron chi connectivity index (χ0n) is 19.2. The van der Waals surface area contributed by atoms with Crippen LogP contribution in [0.2, 0.25) is 0 Å². The summed E-state index contributed by atoms with van der Waals surface area (Å²) in [4.78, 5) is 39.6. The van der Waals surface area contributed by atoms with Gasteiger partial charge in [0.25, 0.3) is 0 Å². The lowest BCUT2D eigenvalue weighted by Crippen LogP contribution is -2.43. The number of aryl methyl sites for hydroxylation is 1. The number of hydrogen-bond acceptors (Lipinski definition) is 6. The third kappa shape index (κ3) is 3.87. The Morgan fingerprint density at radius 1 is 1.09 bits per heavy atom. The number of benzene rings is 1. The maximum atomic E-state index is 13.7. The molecule has 6 heteroatoms. The molecule has 170 valence electrons. The van der Waals surface area contributed by atoms with Gasteiger partial charge in [-0.25, -0.2) is 4.79 Å². The molecule has 6 nitrogen and oxygen atoms in total. The highest BCUT2D eigenvalue weighted by Crippen LogP contribution is 2.46. The zero-order valence-corrected chi connectivity index (χ0v) is 19.2. The third-order valence-corrected chi connectivity index (χ3v) is 7.04. The minimum Gasteiger partial charge on any atom is -0.468 e. The van der Waals surface area contributed by atoms with E-state index in [4.69, 9.17) is 9.47 Å². The number of methoxy groups -OCH3 is 1. The molecule has 3 aliphatic rings. The second-order valence-electron chi connectivity index (χ2n) is 9.20. The summed E-state index contributed by atoms with van der Waals surface area (Å²) < 4.78 is 10.8. The highest BCUT2D eigenvalue weighted by molar-refractivity contribution is 6.12. The molecule has 0 amide bonds. The summed E-state index contributed by atoms with van der Waals surface area (Å²) in [6.07, 6.45) is 4.31. The first-order valence-electron chi connectivity index (χ1n) is 11.4. The topological polar surface area (TPSA) is 81.7 Å². The van der Waals surface area contributed by atoms with Gasteiger partial charge in [0.15, 0.2) is 5.78 Å². The molecule has 0 bridgehead atoms. The van der Waals surface area contributed by atoms with Gasteiger partial charge in [-0.3, -0.25) is 9.59 Å². The van der Waals surface area contributed by atoms with E-state index in [0.29, 0.717) is 23.3 Å². The predicted octanol–water partition coefficient (Wildman–Crippen LogP) is 4.09. The van der Waals surface area contributed by atoms with Crippen LogP contribution >= 0.6 is 0 Å². The number of nitrogens with one attached hydrogen (secondary N) is 1. The molecule has 0 spiro atoms. The monoisotopic (exact) mass is 437 g/mol. The highest BCUT2D eigenvalue weighted by atomic mass is 16.5. The summed E-state index contributed by atoms with van der Waals surface area (Å²) in [5, 5.41) is 3.32. The van der Waals surface area contributed by atoms with Crippen LogP contribution in [0.3, 0.4) is 0 Å². The standard InChI is InChI=1S/C26H31NO5/c1-14-9-5-8-12-18(14)22-21(26(30)32-17-10-6-7-11-17)16(3)27-19-13-15(2)20(25(29)31-4)24(28)23(19)22/h5,8-9,12,15,17,20,22,27H,6-7,10-11,13H2,1-4H3/t15-,20+,22+/m1/s1. The first kappa shape index (κ1) is 22.3. The summed E-state index contributed by atoms with van der Waals surface area (Å²) in [7, 11) is 1.30. The van der Waals surface area contributed by atoms with Gasteiger partial charge in [0.1, 0.15) is 12.0 Å². The van der Waals surface area contributed by atoms with Gasteiger partial charge in [-0.05, 0) is 63.0 Å². The van der Waals surface area contributed by atoms with E-state index < -0.39 is 17.8 Å². The van der Waals surface area contributed by atoms with Gasteiger partial charge in [0.05, 0.1) is 12.7 Å². The summed E-state index contributed by atoms with van der Waals surface area (Å²) >= 11 is 0. The average Bonchev–Trinajstić information content (AvgIpc) is 3.25. The van der Waals surface area contributed by atoms with E-state index in [1.807, 2.05) is 45.0 Å². The van der Waals surface area contributed by atoms with Crippen LogP contribution in [0.25, 0.3) is 0 Å². The molecule has 4 rings (SSSR count). The van der Waals surface area contributed by atoms with Gasteiger partial charge in [-0.15, -0.1) is 0 Å². The Balaban J connectivity index is 1.82. The van der Waals surface area contributed by atoms with E-state index in [2.05, 4.69) is 5.32 Å². The minimum absolute atomic E-state index is 0.0828. The number of ketones is 1. The molecule has 1 N–H and O–H groups in total. The Bertz CT molecular complexity index is 1010. The molecule has 1 fully saturated rings. The molecule has 32 heavy (non-hydrogen) atoms. The fourth-order valence-corrected chi connectivity index (χ4v) is 5.39. The van der Waals surface area contributed by atoms with Gasteiger partial charge >= 0.3 is 11.9 Å². The highest BCUT2D eigenvalue weighted by Gasteiger charge is 2.47. The first-order valence-corrected chi connectivity index (χ1v) is 11.4. The van der Waals surface area contributed by atoms with Crippen molar-refractivity contribution in [2.24, 2.45) is 11.8 Å². The molecule has 1 aromatic rings. The lowest BCUT2D eigenvalue weighted by molar-refractivity contribution is -0.151. The fourth-order valence-electron chi connectivity index (χ4n) is 5.39. The minimum atomic E-state index is -0.877. The number of carbonyl (C=O) groups excluding carboxylic acids is 3. The van der Waals surface area contributed by atoms with Crippen LogP contribution in [0.15, 0.2) is 46.8 Å². The Labute approximate surface area is 189 Å². The maximum Gasteiger partial charge on any atom is 0.337 e. The molecule has 0 aromatic heterocycles. The summed E-state index contributed by atoms with van der Waals surface area (Å²) in [6.45, 7) is 5.72. The van der Waals surface area contributed by atoms with Crippen molar-refractivity contribution in [2.75, 3.05) is 7.11 Å². The van der Waals surface area contributed by atoms with Crippen molar-refractivity contribution >= 4 is 17.7 Å². The van der Waals surface area contributed by atoms with Gasteiger partial charge < -0.3 is 14.8 Å².